The minimum absolute atomic E-state index is 0.306. The van der Waals surface area contributed by atoms with Crippen LogP contribution in [0.1, 0.15) is 17.5 Å². The van der Waals surface area contributed by atoms with Gasteiger partial charge in [0.15, 0.2) is 0 Å². The van der Waals surface area contributed by atoms with E-state index in [-0.39, 0.29) is 11.2 Å². The van der Waals surface area contributed by atoms with Gasteiger partial charge in [-0.25, -0.2) is 4.79 Å². The quantitative estimate of drug-likeness (QED) is 0.885. The van der Waals surface area contributed by atoms with Gasteiger partial charge in [0.25, 0.3) is 5.56 Å². The van der Waals surface area contributed by atoms with Gasteiger partial charge < -0.3 is 4.57 Å². The summed E-state index contributed by atoms with van der Waals surface area (Å²) in [6.45, 7) is 2.32. The average Bonchev–Trinajstić information content (AvgIpc) is 2.37. The van der Waals surface area contributed by atoms with Crippen LogP contribution in [0, 0.1) is 6.92 Å². The molecule has 0 fully saturated rings. The predicted octanol–water partition coefficient (Wildman–Crippen LogP) is 1.48. The predicted molar refractivity (Wildman–Crippen MR) is 70.8 cm³/mol. The number of nitrogens with zero attached hydrogens (tertiary/aromatic N) is 1. The molecule has 0 saturated heterocycles. The Hall–Kier alpha value is -2.10. The Balaban J connectivity index is 2.01. The third-order valence-electron chi connectivity index (χ3n) is 2.90. The molecule has 0 unspecified atom stereocenters. The lowest BCUT2D eigenvalue weighted by Gasteiger charge is -2.05. The normalized spacial score (nSPS) is 10.5. The maximum Gasteiger partial charge on any atom is 0.328 e. The van der Waals surface area contributed by atoms with Crippen molar-refractivity contribution in [3.8, 4) is 0 Å². The second-order valence-electron chi connectivity index (χ2n) is 4.35. The van der Waals surface area contributed by atoms with Crippen molar-refractivity contribution in [1.82, 2.24) is 9.55 Å². The molecule has 0 aliphatic rings. The molecule has 0 radical (unpaired) electrons. The molecule has 4 nitrogen and oxygen atoms in total. The highest BCUT2D eigenvalue weighted by molar-refractivity contribution is 5.14. The van der Waals surface area contributed by atoms with Crippen molar-refractivity contribution in [2.45, 2.75) is 26.3 Å². The summed E-state index contributed by atoms with van der Waals surface area (Å²) in [5, 5.41) is 0. The van der Waals surface area contributed by atoms with Crippen LogP contribution in [0.25, 0.3) is 0 Å². The molecule has 0 amide bonds. The number of hydrogen-bond acceptors (Lipinski definition) is 2. The first-order valence-electron chi connectivity index (χ1n) is 6.01. The van der Waals surface area contributed by atoms with Crippen LogP contribution in [0.5, 0.6) is 0 Å². The molecule has 1 heterocycles. The van der Waals surface area contributed by atoms with Gasteiger partial charge in [0, 0.05) is 18.3 Å². The SMILES string of the molecule is Cc1cn(CCCc2ccccc2)c(=O)[nH]c1=O. The Morgan fingerprint density at radius 2 is 1.89 bits per heavy atom. The fourth-order valence-corrected chi connectivity index (χ4v) is 1.88. The number of rotatable bonds is 4. The van der Waals surface area contributed by atoms with Gasteiger partial charge in [-0.2, -0.15) is 0 Å². The number of benzene rings is 1. The molecule has 94 valence electrons. The van der Waals surface area contributed by atoms with Crippen molar-refractivity contribution in [3.05, 3.63) is 68.5 Å². The summed E-state index contributed by atoms with van der Waals surface area (Å²) in [6, 6.07) is 10.1. The molecule has 2 aromatic rings. The first-order valence-corrected chi connectivity index (χ1v) is 6.01. The van der Waals surface area contributed by atoms with Crippen molar-refractivity contribution in [2.24, 2.45) is 0 Å². The van der Waals surface area contributed by atoms with Crippen LogP contribution in [0.15, 0.2) is 46.1 Å². The van der Waals surface area contributed by atoms with Gasteiger partial charge in [-0.05, 0) is 25.3 Å². The number of H-pyrrole nitrogens is 1. The maximum absolute atomic E-state index is 11.5. The van der Waals surface area contributed by atoms with Gasteiger partial charge in [0.2, 0.25) is 0 Å². The molecule has 1 aromatic carbocycles. The van der Waals surface area contributed by atoms with Gasteiger partial charge in [0.05, 0.1) is 0 Å². The lowest BCUT2D eigenvalue weighted by molar-refractivity contribution is 0.601. The van der Waals surface area contributed by atoms with Gasteiger partial charge in [-0.15, -0.1) is 0 Å². The Kier molecular flexibility index (Phi) is 3.77. The first-order chi connectivity index (χ1) is 8.66. The fourth-order valence-electron chi connectivity index (χ4n) is 1.88. The van der Waals surface area contributed by atoms with Crippen molar-refractivity contribution < 1.29 is 0 Å². The summed E-state index contributed by atoms with van der Waals surface area (Å²) in [7, 11) is 0. The Morgan fingerprint density at radius 3 is 2.61 bits per heavy atom. The van der Waals surface area contributed by atoms with E-state index in [1.807, 2.05) is 18.2 Å². The molecule has 0 aliphatic heterocycles. The zero-order valence-electron chi connectivity index (χ0n) is 10.3. The van der Waals surface area contributed by atoms with Crippen molar-refractivity contribution >= 4 is 0 Å². The zero-order valence-corrected chi connectivity index (χ0v) is 10.3. The van der Waals surface area contributed by atoms with E-state index in [1.54, 1.807) is 17.7 Å². The second-order valence-corrected chi connectivity index (χ2v) is 4.35. The van der Waals surface area contributed by atoms with E-state index >= 15 is 0 Å². The van der Waals surface area contributed by atoms with Crippen molar-refractivity contribution in [3.63, 3.8) is 0 Å². The molecule has 4 heteroatoms. The summed E-state index contributed by atoms with van der Waals surface area (Å²) in [6.07, 6.45) is 3.41. The summed E-state index contributed by atoms with van der Waals surface area (Å²) >= 11 is 0. The highest BCUT2D eigenvalue weighted by atomic mass is 16.2. The van der Waals surface area contributed by atoms with Crippen LogP contribution in [0.3, 0.4) is 0 Å². The summed E-state index contributed by atoms with van der Waals surface area (Å²) < 4.78 is 1.56. The first kappa shape index (κ1) is 12.4. The molecular formula is C14H16N2O2. The molecule has 2 rings (SSSR count). The molecule has 1 N–H and O–H groups in total. The van der Waals surface area contributed by atoms with E-state index in [0.717, 1.165) is 12.8 Å². The minimum atomic E-state index is -0.335. The third kappa shape index (κ3) is 2.97. The van der Waals surface area contributed by atoms with Crippen LogP contribution >= 0.6 is 0 Å². The molecule has 0 atom stereocenters. The second kappa shape index (κ2) is 5.49. The zero-order chi connectivity index (χ0) is 13.0. The average molecular weight is 244 g/mol. The molecular weight excluding hydrogens is 228 g/mol. The van der Waals surface area contributed by atoms with Gasteiger partial charge in [-0.1, -0.05) is 30.3 Å². The Bertz CT molecular complexity index is 626. The van der Waals surface area contributed by atoms with E-state index in [1.165, 1.54) is 5.56 Å². The molecule has 18 heavy (non-hydrogen) atoms. The molecule has 1 aromatic heterocycles. The van der Waals surface area contributed by atoms with Crippen LogP contribution < -0.4 is 11.2 Å². The van der Waals surface area contributed by atoms with E-state index in [9.17, 15) is 9.59 Å². The highest BCUT2D eigenvalue weighted by Gasteiger charge is 2.00. The lowest BCUT2D eigenvalue weighted by Crippen LogP contribution is -2.30. The third-order valence-corrected chi connectivity index (χ3v) is 2.90. The number of aromatic amines is 1. The Labute approximate surface area is 105 Å². The van der Waals surface area contributed by atoms with Gasteiger partial charge >= 0.3 is 5.69 Å². The molecule has 0 saturated carbocycles. The van der Waals surface area contributed by atoms with E-state index < -0.39 is 0 Å². The number of aromatic nitrogens is 2. The van der Waals surface area contributed by atoms with Gasteiger partial charge in [-0.3, -0.25) is 9.78 Å². The highest BCUT2D eigenvalue weighted by Crippen LogP contribution is 2.03. The fraction of sp³-hybridized carbons (Fsp3) is 0.286. The summed E-state index contributed by atoms with van der Waals surface area (Å²) in [4.78, 5) is 25.1. The van der Waals surface area contributed by atoms with E-state index in [2.05, 4.69) is 17.1 Å². The monoisotopic (exact) mass is 244 g/mol. The van der Waals surface area contributed by atoms with Crippen molar-refractivity contribution in [1.29, 1.82) is 0 Å². The van der Waals surface area contributed by atoms with Gasteiger partial charge in [0.1, 0.15) is 0 Å². The van der Waals surface area contributed by atoms with Crippen molar-refractivity contribution in [2.75, 3.05) is 0 Å². The van der Waals surface area contributed by atoms with Crippen LogP contribution in [0.4, 0.5) is 0 Å². The van der Waals surface area contributed by atoms with Crippen LogP contribution in [-0.2, 0) is 13.0 Å². The minimum Gasteiger partial charge on any atom is -0.300 e. The van der Waals surface area contributed by atoms with Crippen LogP contribution in [-0.4, -0.2) is 9.55 Å². The molecule has 0 aliphatic carbocycles. The Morgan fingerprint density at radius 1 is 1.17 bits per heavy atom. The molecule has 0 bridgehead atoms. The largest absolute Gasteiger partial charge is 0.328 e. The van der Waals surface area contributed by atoms with E-state index in [0.29, 0.717) is 12.1 Å². The van der Waals surface area contributed by atoms with Crippen LogP contribution in [0.2, 0.25) is 0 Å². The summed E-state index contributed by atoms with van der Waals surface area (Å²) in [5.74, 6) is 0. The smallest absolute Gasteiger partial charge is 0.300 e. The molecule has 0 spiro atoms. The number of aryl methyl sites for hydroxylation is 3. The maximum atomic E-state index is 11.5. The number of nitrogens with one attached hydrogen (secondary N) is 1. The summed E-state index contributed by atoms with van der Waals surface area (Å²) in [5.41, 5.74) is 1.18. The standard InChI is InChI=1S/C14H16N2O2/c1-11-10-16(14(18)15-13(11)17)9-5-8-12-6-3-2-4-7-12/h2-4,6-7,10H,5,8-9H2,1H3,(H,15,17,18). The topological polar surface area (TPSA) is 54.9 Å². The lowest BCUT2D eigenvalue weighted by atomic mass is 10.1. The number of hydrogen-bond donors (Lipinski definition) is 1. The van der Waals surface area contributed by atoms with E-state index in [4.69, 9.17) is 0 Å².